The highest BCUT2D eigenvalue weighted by Gasteiger charge is 2.21. The second-order valence-corrected chi connectivity index (χ2v) is 6.57. The Bertz CT molecular complexity index is 957. The molecule has 122 valence electrons. The van der Waals surface area contributed by atoms with Crippen molar-refractivity contribution in [2.75, 3.05) is 10.6 Å². The maximum Gasteiger partial charge on any atom is 0.226 e. The predicted molar refractivity (Wildman–Crippen MR) is 97.2 cm³/mol. The van der Waals surface area contributed by atoms with Crippen LogP contribution in [0, 0.1) is 6.92 Å². The molecule has 5 heteroatoms. The fourth-order valence-electron chi connectivity index (χ4n) is 3.38. The Morgan fingerprint density at radius 2 is 2.08 bits per heavy atom. The smallest absolute Gasteiger partial charge is 0.226 e. The van der Waals surface area contributed by atoms with E-state index in [4.69, 9.17) is 0 Å². The number of rotatable bonds is 1. The van der Waals surface area contributed by atoms with Crippen LogP contribution in [0.15, 0.2) is 36.5 Å². The largest absolute Gasteiger partial charge is 0.380 e. The summed E-state index contributed by atoms with van der Waals surface area (Å²) in [6, 6.07) is 10.6. The van der Waals surface area contributed by atoms with E-state index >= 15 is 0 Å². The van der Waals surface area contributed by atoms with Gasteiger partial charge in [0, 0.05) is 30.5 Å². The molecule has 1 amide bonds. The number of fused-ring (bicyclic) bond motifs is 2. The number of benzene rings is 2. The topological polar surface area (TPSA) is 59.0 Å². The van der Waals surface area contributed by atoms with Crippen LogP contribution in [0.5, 0.6) is 0 Å². The van der Waals surface area contributed by atoms with E-state index in [1.54, 1.807) is 0 Å². The molecule has 5 nitrogen and oxygen atoms in total. The van der Waals surface area contributed by atoms with Crippen LogP contribution in [-0.4, -0.2) is 21.7 Å². The zero-order chi connectivity index (χ0) is 16.8. The summed E-state index contributed by atoms with van der Waals surface area (Å²) in [4.78, 5) is 12.0. The fraction of sp³-hybridized carbons (Fsp3) is 0.263. The molecule has 4 rings (SSSR count). The Kier molecular flexibility index (Phi) is 3.30. The van der Waals surface area contributed by atoms with Gasteiger partial charge in [-0.15, -0.1) is 0 Å². The van der Waals surface area contributed by atoms with Crippen LogP contribution < -0.4 is 10.6 Å². The van der Waals surface area contributed by atoms with E-state index in [1.807, 2.05) is 37.8 Å². The summed E-state index contributed by atoms with van der Waals surface area (Å²) >= 11 is 0. The number of aromatic nitrogens is 2. The molecule has 3 aromatic rings. The van der Waals surface area contributed by atoms with Gasteiger partial charge in [0.25, 0.3) is 0 Å². The first-order chi connectivity index (χ1) is 11.5. The Labute approximate surface area is 140 Å². The lowest BCUT2D eigenvalue weighted by Gasteiger charge is -2.18. The third-order valence-electron chi connectivity index (χ3n) is 4.50. The maximum absolute atomic E-state index is 12.0. The lowest BCUT2D eigenvalue weighted by Crippen LogP contribution is -2.19. The van der Waals surface area contributed by atoms with Gasteiger partial charge >= 0.3 is 0 Å². The van der Waals surface area contributed by atoms with E-state index in [2.05, 4.69) is 40.0 Å². The first-order valence-electron chi connectivity index (χ1n) is 8.14. The van der Waals surface area contributed by atoms with Crippen molar-refractivity contribution in [3.05, 3.63) is 42.1 Å². The van der Waals surface area contributed by atoms with Crippen LogP contribution in [0.4, 0.5) is 11.4 Å². The van der Waals surface area contributed by atoms with Gasteiger partial charge in [-0.05, 0) is 49.2 Å². The highest BCUT2D eigenvalue weighted by atomic mass is 16.1. The molecule has 0 radical (unpaired) electrons. The molecular weight excluding hydrogens is 300 g/mol. The molecule has 0 aliphatic carbocycles. The quantitative estimate of drug-likeness (QED) is 0.719. The molecule has 0 saturated heterocycles. The molecule has 2 heterocycles. The standard InChI is InChI=1S/C19H20N4O/c1-11-6-15(13-4-5-17-14(9-13)10-20-23(17)3)19-16(7-11)22-18(24)8-12(2)21-19/h4-7,9-10,12,21H,8H2,1-3H3,(H,22,24). The number of hydrogen-bond acceptors (Lipinski definition) is 3. The van der Waals surface area contributed by atoms with Crippen molar-refractivity contribution in [2.45, 2.75) is 26.3 Å². The molecule has 2 N–H and O–H groups in total. The highest BCUT2D eigenvalue weighted by Crippen LogP contribution is 2.38. The molecule has 0 fully saturated rings. The first kappa shape index (κ1) is 14.8. The van der Waals surface area contributed by atoms with Gasteiger partial charge in [-0.3, -0.25) is 9.48 Å². The van der Waals surface area contributed by atoms with Gasteiger partial charge in [-0.25, -0.2) is 0 Å². The molecule has 0 bridgehead atoms. The maximum atomic E-state index is 12.0. The molecule has 0 saturated carbocycles. The molecular formula is C19H20N4O. The van der Waals surface area contributed by atoms with Gasteiger partial charge < -0.3 is 10.6 Å². The second kappa shape index (κ2) is 5.37. The van der Waals surface area contributed by atoms with Gasteiger partial charge in [0.1, 0.15) is 0 Å². The van der Waals surface area contributed by atoms with Crippen LogP contribution in [-0.2, 0) is 11.8 Å². The summed E-state index contributed by atoms with van der Waals surface area (Å²) < 4.78 is 1.87. The molecule has 1 aliphatic heterocycles. The van der Waals surface area contributed by atoms with E-state index < -0.39 is 0 Å². The van der Waals surface area contributed by atoms with E-state index in [1.165, 1.54) is 0 Å². The van der Waals surface area contributed by atoms with Gasteiger partial charge in [0.15, 0.2) is 0 Å². The monoisotopic (exact) mass is 320 g/mol. The Hall–Kier alpha value is -2.82. The molecule has 1 aliphatic rings. The number of hydrogen-bond donors (Lipinski definition) is 2. The average Bonchev–Trinajstić information content (AvgIpc) is 2.82. The van der Waals surface area contributed by atoms with Gasteiger partial charge in [0.2, 0.25) is 5.91 Å². The summed E-state index contributed by atoms with van der Waals surface area (Å²) in [7, 11) is 1.94. The van der Waals surface area contributed by atoms with Crippen molar-refractivity contribution < 1.29 is 4.79 Å². The number of carbonyl (C=O) groups is 1. The molecule has 1 unspecified atom stereocenters. The highest BCUT2D eigenvalue weighted by molar-refractivity contribution is 6.01. The SMILES string of the molecule is Cc1cc2c(c(-c3ccc4c(cnn4C)c3)c1)NC(C)CC(=O)N2. The Balaban J connectivity index is 1.92. The van der Waals surface area contributed by atoms with E-state index in [-0.39, 0.29) is 11.9 Å². The van der Waals surface area contributed by atoms with Crippen LogP contribution in [0.2, 0.25) is 0 Å². The molecule has 1 atom stereocenters. The summed E-state index contributed by atoms with van der Waals surface area (Å²) in [5.74, 6) is 0.0491. The van der Waals surface area contributed by atoms with E-state index in [9.17, 15) is 4.79 Å². The number of anilines is 2. The van der Waals surface area contributed by atoms with Gasteiger partial charge in [-0.1, -0.05) is 6.07 Å². The Morgan fingerprint density at radius 1 is 1.25 bits per heavy atom. The lowest BCUT2D eigenvalue weighted by atomic mass is 9.98. The van der Waals surface area contributed by atoms with E-state index in [0.29, 0.717) is 6.42 Å². The minimum atomic E-state index is 0.0491. The van der Waals surface area contributed by atoms with Crippen molar-refractivity contribution in [2.24, 2.45) is 7.05 Å². The number of nitrogens with zero attached hydrogens (tertiary/aromatic N) is 2. The van der Waals surface area contributed by atoms with Crippen LogP contribution >= 0.6 is 0 Å². The third kappa shape index (κ3) is 2.42. The zero-order valence-electron chi connectivity index (χ0n) is 14.1. The van der Waals surface area contributed by atoms with E-state index in [0.717, 1.165) is 39.0 Å². The van der Waals surface area contributed by atoms with Crippen molar-refractivity contribution in [3.63, 3.8) is 0 Å². The van der Waals surface area contributed by atoms with Crippen LogP contribution in [0.3, 0.4) is 0 Å². The van der Waals surface area contributed by atoms with Crippen LogP contribution in [0.25, 0.3) is 22.0 Å². The summed E-state index contributed by atoms with van der Waals surface area (Å²) in [5, 5.41) is 11.9. The molecule has 1 aromatic heterocycles. The molecule has 24 heavy (non-hydrogen) atoms. The molecule has 2 aromatic carbocycles. The summed E-state index contributed by atoms with van der Waals surface area (Å²) in [6.07, 6.45) is 2.35. The summed E-state index contributed by atoms with van der Waals surface area (Å²) in [5.41, 5.74) is 6.28. The third-order valence-corrected chi connectivity index (χ3v) is 4.50. The van der Waals surface area contributed by atoms with Crippen LogP contribution in [0.1, 0.15) is 18.9 Å². The normalized spacial score (nSPS) is 17.1. The number of aryl methyl sites for hydroxylation is 2. The van der Waals surface area contributed by atoms with Crippen molar-refractivity contribution >= 4 is 28.2 Å². The first-order valence-corrected chi connectivity index (χ1v) is 8.14. The minimum absolute atomic E-state index is 0.0491. The predicted octanol–water partition coefficient (Wildman–Crippen LogP) is 3.69. The summed E-state index contributed by atoms with van der Waals surface area (Å²) in [6.45, 7) is 4.08. The van der Waals surface area contributed by atoms with Crippen molar-refractivity contribution in [1.82, 2.24) is 9.78 Å². The number of amides is 1. The van der Waals surface area contributed by atoms with Gasteiger partial charge in [-0.2, -0.15) is 5.10 Å². The Morgan fingerprint density at radius 3 is 2.92 bits per heavy atom. The zero-order valence-corrected chi connectivity index (χ0v) is 14.1. The fourth-order valence-corrected chi connectivity index (χ4v) is 3.38. The lowest BCUT2D eigenvalue weighted by molar-refractivity contribution is -0.116. The number of nitrogens with one attached hydrogen (secondary N) is 2. The number of carbonyl (C=O) groups excluding carboxylic acids is 1. The van der Waals surface area contributed by atoms with Crippen molar-refractivity contribution in [1.29, 1.82) is 0 Å². The molecule has 0 spiro atoms. The average molecular weight is 320 g/mol. The van der Waals surface area contributed by atoms with Crippen molar-refractivity contribution in [3.8, 4) is 11.1 Å². The van der Waals surface area contributed by atoms with Gasteiger partial charge in [0.05, 0.1) is 23.1 Å². The second-order valence-electron chi connectivity index (χ2n) is 6.57. The minimum Gasteiger partial charge on any atom is -0.380 e.